The van der Waals surface area contributed by atoms with E-state index in [2.05, 4.69) is 15.2 Å². The molecule has 0 aromatic carbocycles. The lowest BCUT2D eigenvalue weighted by Gasteiger charge is -2.15. The van der Waals surface area contributed by atoms with Crippen LogP contribution in [0, 0.1) is 0 Å². The van der Waals surface area contributed by atoms with E-state index < -0.39 is 12.0 Å². The Hall–Kier alpha value is -1.50. The molecular weight excluding hydrogens is 254 g/mol. The molecule has 1 aromatic rings. The highest BCUT2D eigenvalue weighted by atomic mass is 32.2. The van der Waals surface area contributed by atoms with Gasteiger partial charge in [-0.3, -0.25) is 9.48 Å². The topological polar surface area (TPSA) is 73.2 Å². The highest BCUT2D eigenvalue weighted by Crippen LogP contribution is 2.04. The summed E-state index contributed by atoms with van der Waals surface area (Å²) in [5.74, 6) is 0.0217. The van der Waals surface area contributed by atoms with E-state index in [1.54, 1.807) is 25.0 Å². The molecule has 1 heterocycles. The molecule has 7 heteroatoms. The lowest BCUT2D eigenvalue weighted by Crippen LogP contribution is -2.41. The number of methoxy groups -OCH3 is 1. The first kappa shape index (κ1) is 14.6. The number of ether oxygens (including phenoxy) is 1. The van der Waals surface area contributed by atoms with Gasteiger partial charge < -0.3 is 10.1 Å². The Kier molecular flexibility index (Phi) is 5.70. The summed E-state index contributed by atoms with van der Waals surface area (Å²) < 4.78 is 6.20. The van der Waals surface area contributed by atoms with Crippen LogP contribution in [0.4, 0.5) is 0 Å². The standard InChI is InChI=1S/C11H17N3O3S/c1-14-7-8(6-12-14)10(15)13-9(4-5-18-3)11(16)17-2/h6-7,9H,4-5H2,1-3H3,(H,13,15). The lowest BCUT2D eigenvalue weighted by atomic mass is 10.2. The predicted octanol–water partition coefficient (Wildman–Crippen LogP) is 0.445. The average molecular weight is 271 g/mol. The molecule has 1 unspecified atom stereocenters. The van der Waals surface area contributed by atoms with E-state index in [0.717, 1.165) is 5.75 Å². The third kappa shape index (κ3) is 4.06. The molecule has 0 aliphatic rings. The molecule has 0 saturated carbocycles. The summed E-state index contributed by atoms with van der Waals surface area (Å²) >= 11 is 1.61. The zero-order valence-corrected chi connectivity index (χ0v) is 11.5. The van der Waals surface area contributed by atoms with E-state index in [1.807, 2.05) is 6.26 Å². The molecule has 0 spiro atoms. The van der Waals surface area contributed by atoms with Crippen LogP contribution in [-0.2, 0) is 16.6 Å². The predicted molar refractivity (Wildman–Crippen MR) is 69.5 cm³/mol. The molecule has 0 fully saturated rings. The number of rotatable bonds is 6. The number of nitrogens with one attached hydrogen (secondary N) is 1. The van der Waals surface area contributed by atoms with E-state index in [0.29, 0.717) is 12.0 Å². The summed E-state index contributed by atoms with van der Waals surface area (Å²) in [7, 11) is 3.03. The fraction of sp³-hybridized carbons (Fsp3) is 0.545. The van der Waals surface area contributed by atoms with Crippen molar-refractivity contribution in [1.82, 2.24) is 15.1 Å². The van der Waals surface area contributed by atoms with Gasteiger partial charge in [-0.05, 0) is 18.4 Å². The molecule has 6 nitrogen and oxygen atoms in total. The highest BCUT2D eigenvalue weighted by molar-refractivity contribution is 7.98. The van der Waals surface area contributed by atoms with E-state index >= 15 is 0 Å². The van der Waals surface area contributed by atoms with Gasteiger partial charge in [0.05, 0.1) is 18.9 Å². The summed E-state index contributed by atoms with van der Waals surface area (Å²) in [6.45, 7) is 0. The van der Waals surface area contributed by atoms with Crippen molar-refractivity contribution in [3.8, 4) is 0 Å². The minimum absolute atomic E-state index is 0.320. The second-order valence-corrected chi connectivity index (χ2v) is 4.72. The molecule has 1 aromatic heterocycles. The number of amides is 1. The Morgan fingerprint density at radius 2 is 2.33 bits per heavy atom. The number of aromatic nitrogens is 2. The number of thioether (sulfide) groups is 1. The molecule has 0 aliphatic carbocycles. The van der Waals surface area contributed by atoms with Gasteiger partial charge in [0, 0.05) is 13.2 Å². The van der Waals surface area contributed by atoms with Gasteiger partial charge in [-0.15, -0.1) is 0 Å². The van der Waals surface area contributed by atoms with Gasteiger partial charge in [-0.2, -0.15) is 16.9 Å². The van der Waals surface area contributed by atoms with Crippen molar-refractivity contribution in [3.05, 3.63) is 18.0 Å². The lowest BCUT2D eigenvalue weighted by molar-refractivity contribution is -0.142. The van der Waals surface area contributed by atoms with Crippen molar-refractivity contribution < 1.29 is 14.3 Å². The molecule has 1 amide bonds. The Labute approximate surface area is 110 Å². The maximum Gasteiger partial charge on any atom is 0.328 e. The largest absolute Gasteiger partial charge is 0.467 e. The molecule has 0 saturated heterocycles. The minimum atomic E-state index is -0.616. The Bertz CT molecular complexity index is 419. The first-order valence-corrected chi connectivity index (χ1v) is 6.84. The van der Waals surface area contributed by atoms with Crippen molar-refractivity contribution in [1.29, 1.82) is 0 Å². The van der Waals surface area contributed by atoms with Crippen LogP contribution >= 0.6 is 11.8 Å². The summed E-state index contributed by atoms with van der Waals surface area (Å²) in [5.41, 5.74) is 0.426. The number of carbonyl (C=O) groups excluding carboxylic acids is 2. The van der Waals surface area contributed by atoms with Gasteiger partial charge in [0.25, 0.3) is 5.91 Å². The van der Waals surface area contributed by atoms with E-state index in [9.17, 15) is 9.59 Å². The molecule has 1 rings (SSSR count). The Morgan fingerprint density at radius 1 is 1.61 bits per heavy atom. The molecule has 1 N–H and O–H groups in total. The highest BCUT2D eigenvalue weighted by Gasteiger charge is 2.22. The van der Waals surface area contributed by atoms with Gasteiger partial charge in [-0.1, -0.05) is 0 Å². The molecule has 100 valence electrons. The molecular formula is C11H17N3O3S. The Balaban J connectivity index is 2.64. The fourth-order valence-corrected chi connectivity index (χ4v) is 1.88. The molecule has 0 aliphatic heterocycles. The Morgan fingerprint density at radius 3 is 2.83 bits per heavy atom. The number of carbonyl (C=O) groups is 2. The van der Waals surface area contributed by atoms with Crippen LogP contribution in [0.3, 0.4) is 0 Å². The smallest absolute Gasteiger partial charge is 0.328 e. The van der Waals surface area contributed by atoms with Crippen molar-refractivity contribution in [2.45, 2.75) is 12.5 Å². The van der Waals surface area contributed by atoms with E-state index in [-0.39, 0.29) is 5.91 Å². The summed E-state index contributed by atoms with van der Waals surface area (Å²) in [4.78, 5) is 23.4. The minimum Gasteiger partial charge on any atom is -0.467 e. The molecule has 18 heavy (non-hydrogen) atoms. The average Bonchev–Trinajstić information content (AvgIpc) is 2.80. The molecule has 1 atom stereocenters. The molecule has 0 radical (unpaired) electrons. The second kappa shape index (κ2) is 7.05. The third-order valence-corrected chi connectivity index (χ3v) is 3.01. The second-order valence-electron chi connectivity index (χ2n) is 3.73. The summed E-state index contributed by atoms with van der Waals surface area (Å²) in [6, 6.07) is -0.616. The van der Waals surface area contributed by atoms with Crippen LogP contribution in [-0.4, -0.2) is 46.8 Å². The number of esters is 1. The van der Waals surface area contributed by atoms with Crippen LogP contribution in [0.5, 0.6) is 0 Å². The van der Waals surface area contributed by atoms with E-state index in [4.69, 9.17) is 0 Å². The van der Waals surface area contributed by atoms with Gasteiger partial charge in [0.1, 0.15) is 6.04 Å². The van der Waals surface area contributed by atoms with Gasteiger partial charge in [0.15, 0.2) is 0 Å². The zero-order valence-electron chi connectivity index (χ0n) is 10.7. The van der Waals surface area contributed by atoms with Crippen molar-refractivity contribution in [2.24, 2.45) is 7.05 Å². The van der Waals surface area contributed by atoms with Gasteiger partial charge >= 0.3 is 5.97 Å². The van der Waals surface area contributed by atoms with Crippen LogP contribution < -0.4 is 5.32 Å². The summed E-state index contributed by atoms with van der Waals surface area (Å²) in [6.07, 6.45) is 5.54. The van der Waals surface area contributed by atoms with Crippen LogP contribution in [0.15, 0.2) is 12.4 Å². The quantitative estimate of drug-likeness (QED) is 0.760. The fourth-order valence-electron chi connectivity index (χ4n) is 1.41. The maximum absolute atomic E-state index is 11.9. The SMILES string of the molecule is COC(=O)C(CCSC)NC(=O)c1cnn(C)c1. The van der Waals surface area contributed by atoms with Crippen LogP contribution in [0.2, 0.25) is 0 Å². The van der Waals surface area contributed by atoms with E-state index in [1.165, 1.54) is 18.0 Å². The number of aryl methyl sites for hydroxylation is 1. The van der Waals surface area contributed by atoms with Crippen LogP contribution in [0.25, 0.3) is 0 Å². The van der Waals surface area contributed by atoms with Gasteiger partial charge in [0.2, 0.25) is 0 Å². The maximum atomic E-state index is 11.9. The number of nitrogens with zero attached hydrogens (tertiary/aromatic N) is 2. The normalized spacial score (nSPS) is 11.9. The molecule has 0 bridgehead atoms. The summed E-state index contributed by atoms with van der Waals surface area (Å²) in [5, 5.41) is 6.56. The van der Waals surface area contributed by atoms with Crippen molar-refractivity contribution in [2.75, 3.05) is 19.1 Å². The monoisotopic (exact) mass is 271 g/mol. The van der Waals surface area contributed by atoms with Crippen molar-refractivity contribution in [3.63, 3.8) is 0 Å². The first-order valence-electron chi connectivity index (χ1n) is 5.44. The number of hydrogen-bond donors (Lipinski definition) is 1. The third-order valence-electron chi connectivity index (χ3n) is 2.37. The van der Waals surface area contributed by atoms with Crippen LogP contribution in [0.1, 0.15) is 16.8 Å². The zero-order chi connectivity index (χ0) is 13.5. The van der Waals surface area contributed by atoms with Gasteiger partial charge in [-0.25, -0.2) is 4.79 Å². The van der Waals surface area contributed by atoms with Crippen molar-refractivity contribution >= 4 is 23.6 Å². The first-order chi connectivity index (χ1) is 8.58. The number of hydrogen-bond acceptors (Lipinski definition) is 5.